The third-order valence-electron chi connectivity index (χ3n) is 3.62. The molecule has 21 heavy (non-hydrogen) atoms. The molecule has 0 aliphatic carbocycles. The highest BCUT2D eigenvalue weighted by Gasteiger charge is 2.13. The average molecular weight is 358 g/mol. The molecule has 1 N–H and O–H groups in total. The van der Waals surface area contributed by atoms with E-state index in [1.807, 2.05) is 19.1 Å². The number of rotatable bonds is 8. The molecular formula is C16H24BrNO3. The minimum Gasteiger partial charge on any atom is -0.490 e. The maximum absolute atomic E-state index is 9.26. The van der Waals surface area contributed by atoms with Crippen molar-refractivity contribution >= 4 is 15.9 Å². The Morgan fingerprint density at radius 3 is 2.67 bits per heavy atom. The highest BCUT2D eigenvalue weighted by Crippen LogP contribution is 2.37. The van der Waals surface area contributed by atoms with Crippen molar-refractivity contribution in [2.75, 3.05) is 32.8 Å². The molecule has 2 rings (SSSR count). The average Bonchev–Trinajstić information content (AvgIpc) is 2.99. The van der Waals surface area contributed by atoms with E-state index in [0.29, 0.717) is 19.0 Å². The lowest BCUT2D eigenvalue weighted by atomic mass is 10.2. The van der Waals surface area contributed by atoms with E-state index in [2.05, 4.69) is 20.8 Å². The summed E-state index contributed by atoms with van der Waals surface area (Å²) in [5, 5.41) is 9.26. The summed E-state index contributed by atoms with van der Waals surface area (Å²) < 4.78 is 12.3. The molecule has 0 unspecified atom stereocenters. The van der Waals surface area contributed by atoms with E-state index in [-0.39, 0.29) is 6.61 Å². The molecule has 0 spiro atoms. The summed E-state index contributed by atoms with van der Waals surface area (Å²) in [4.78, 5) is 2.48. The Bertz CT molecular complexity index is 447. The van der Waals surface area contributed by atoms with Gasteiger partial charge in [0.15, 0.2) is 11.5 Å². The zero-order chi connectivity index (χ0) is 15.1. The van der Waals surface area contributed by atoms with Gasteiger partial charge in [0.1, 0.15) is 0 Å². The third-order valence-corrected chi connectivity index (χ3v) is 4.20. The fourth-order valence-corrected chi connectivity index (χ4v) is 3.19. The predicted octanol–water partition coefficient (Wildman–Crippen LogP) is 3.20. The number of likely N-dealkylation sites (tertiary alicyclic amines) is 1. The van der Waals surface area contributed by atoms with Crippen LogP contribution in [0, 0.1) is 0 Å². The number of aliphatic hydroxyl groups is 1. The van der Waals surface area contributed by atoms with Crippen molar-refractivity contribution in [1.82, 2.24) is 4.90 Å². The first-order valence-corrected chi connectivity index (χ1v) is 8.45. The van der Waals surface area contributed by atoms with Crippen LogP contribution in [-0.2, 0) is 6.61 Å². The molecule has 0 aromatic heterocycles. The fourth-order valence-electron chi connectivity index (χ4n) is 2.58. The normalized spacial score (nSPS) is 15.4. The molecule has 118 valence electrons. The first-order valence-electron chi connectivity index (χ1n) is 7.65. The van der Waals surface area contributed by atoms with E-state index in [1.54, 1.807) is 0 Å². The summed E-state index contributed by atoms with van der Waals surface area (Å²) in [5.41, 5.74) is 0.815. The van der Waals surface area contributed by atoms with E-state index >= 15 is 0 Å². The lowest BCUT2D eigenvalue weighted by molar-refractivity contribution is 0.245. The molecule has 4 nitrogen and oxygen atoms in total. The van der Waals surface area contributed by atoms with Crippen molar-refractivity contribution in [1.29, 1.82) is 0 Å². The molecule has 1 heterocycles. The second-order valence-corrected chi connectivity index (χ2v) is 6.10. The minimum atomic E-state index is -0.00604. The van der Waals surface area contributed by atoms with Gasteiger partial charge in [-0.05, 0) is 72.9 Å². The van der Waals surface area contributed by atoms with Crippen LogP contribution in [0.25, 0.3) is 0 Å². The molecule has 0 atom stereocenters. The Morgan fingerprint density at radius 2 is 2.00 bits per heavy atom. The first kappa shape index (κ1) is 16.6. The van der Waals surface area contributed by atoms with Gasteiger partial charge in [-0.2, -0.15) is 0 Å². The van der Waals surface area contributed by atoms with Gasteiger partial charge in [0.2, 0.25) is 0 Å². The maximum Gasteiger partial charge on any atom is 0.175 e. The van der Waals surface area contributed by atoms with E-state index in [1.165, 1.54) is 25.9 Å². The fraction of sp³-hybridized carbons (Fsp3) is 0.625. The number of hydrogen-bond acceptors (Lipinski definition) is 4. The molecule has 1 aliphatic rings. The highest BCUT2D eigenvalue weighted by atomic mass is 79.9. The van der Waals surface area contributed by atoms with Gasteiger partial charge in [-0.25, -0.2) is 0 Å². The van der Waals surface area contributed by atoms with Crippen molar-refractivity contribution in [3.05, 3.63) is 22.2 Å². The number of halogens is 1. The number of aliphatic hydroxyl groups excluding tert-OH is 1. The van der Waals surface area contributed by atoms with Gasteiger partial charge in [-0.1, -0.05) is 0 Å². The summed E-state index contributed by atoms with van der Waals surface area (Å²) in [6, 6.07) is 3.71. The molecule has 1 fully saturated rings. The SMILES string of the molecule is CCOc1cc(CO)cc(Br)c1OCCCN1CCCC1. The largest absolute Gasteiger partial charge is 0.490 e. The van der Waals surface area contributed by atoms with Gasteiger partial charge in [-0.15, -0.1) is 0 Å². The van der Waals surface area contributed by atoms with E-state index in [0.717, 1.165) is 28.8 Å². The van der Waals surface area contributed by atoms with Gasteiger partial charge in [0.05, 0.1) is 24.3 Å². The smallest absolute Gasteiger partial charge is 0.175 e. The molecule has 1 saturated heterocycles. The molecular weight excluding hydrogens is 334 g/mol. The van der Waals surface area contributed by atoms with Gasteiger partial charge in [-0.3, -0.25) is 0 Å². The molecule has 1 aromatic rings. The van der Waals surface area contributed by atoms with Crippen molar-refractivity contribution in [3.8, 4) is 11.5 Å². The Kier molecular flexibility index (Phi) is 6.80. The molecule has 5 heteroatoms. The Hall–Kier alpha value is -0.780. The Morgan fingerprint density at radius 1 is 1.24 bits per heavy atom. The third kappa shape index (κ3) is 4.87. The van der Waals surface area contributed by atoms with Crippen LogP contribution in [0.5, 0.6) is 11.5 Å². The van der Waals surface area contributed by atoms with Crippen molar-refractivity contribution in [2.45, 2.75) is 32.8 Å². The first-order chi connectivity index (χ1) is 10.2. The monoisotopic (exact) mass is 357 g/mol. The van der Waals surface area contributed by atoms with Crippen LogP contribution >= 0.6 is 15.9 Å². The second kappa shape index (κ2) is 8.61. The van der Waals surface area contributed by atoms with Crippen LogP contribution in [0.3, 0.4) is 0 Å². The molecule has 0 saturated carbocycles. The van der Waals surface area contributed by atoms with Crippen LogP contribution in [0.2, 0.25) is 0 Å². The van der Waals surface area contributed by atoms with Crippen molar-refractivity contribution in [2.24, 2.45) is 0 Å². The van der Waals surface area contributed by atoms with Crippen LogP contribution < -0.4 is 9.47 Å². The number of ether oxygens (including phenoxy) is 2. The summed E-state index contributed by atoms with van der Waals surface area (Å²) in [6.45, 7) is 6.72. The molecule has 1 aromatic carbocycles. The van der Waals surface area contributed by atoms with Gasteiger partial charge >= 0.3 is 0 Å². The van der Waals surface area contributed by atoms with Gasteiger partial charge in [0.25, 0.3) is 0 Å². The second-order valence-electron chi connectivity index (χ2n) is 5.25. The van der Waals surface area contributed by atoms with Crippen molar-refractivity contribution in [3.63, 3.8) is 0 Å². The zero-order valence-corrected chi connectivity index (χ0v) is 14.2. The zero-order valence-electron chi connectivity index (χ0n) is 12.6. The molecule has 1 aliphatic heterocycles. The minimum absolute atomic E-state index is 0.00604. The number of hydrogen-bond donors (Lipinski definition) is 1. The van der Waals surface area contributed by atoms with Crippen LogP contribution in [0.4, 0.5) is 0 Å². The van der Waals surface area contributed by atoms with E-state index < -0.39 is 0 Å². The van der Waals surface area contributed by atoms with Crippen LogP contribution in [0.1, 0.15) is 31.7 Å². The Labute approximate surface area is 135 Å². The molecule has 0 amide bonds. The molecule has 0 radical (unpaired) electrons. The van der Waals surface area contributed by atoms with Crippen molar-refractivity contribution < 1.29 is 14.6 Å². The highest BCUT2D eigenvalue weighted by molar-refractivity contribution is 9.10. The van der Waals surface area contributed by atoms with Crippen LogP contribution in [-0.4, -0.2) is 42.9 Å². The summed E-state index contributed by atoms with van der Waals surface area (Å²) in [5.74, 6) is 1.42. The molecule has 0 bridgehead atoms. The predicted molar refractivity (Wildman–Crippen MR) is 87.0 cm³/mol. The lowest BCUT2D eigenvalue weighted by Crippen LogP contribution is -2.22. The van der Waals surface area contributed by atoms with Gasteiger partial charge in [0, 0.05) is 6.54 Å². The van der Waals surface area contributed by atoms with Gasteiger partial charge < -0.3 is 19.5 Å². The summed E-state index contributed by atoms with van der Waals surface area (Å²) >= 11 is 3.50. The number of benzene rings is 1. The quantitative estimate of drug-likeness (QED) is 0.725. The van der Waals surface area contributed by atoms with E-state index in [9.17, 15) is 5.11 Å². The number of nitrogens with zero attached hydrogens (tertiary/aromatic N) is 1. The van der Waals surface area contributed by atoms with E-state index in [4.69, 9.17) is 9.47 Å². The van der Waals surface area contributed by atoms with Crippen LogP contribution in [0.15, 0.2) is 16.6 Å². The summed E-state index contributed by atoms with van der Waals surface area (Å²) in [7, 11) is 0. The maximum atomic E-state index is 9.26. The topological polar surface area (TPSA) is 41.9 Å². The Balaban J connectivity index is 1.91. The summed E-state index contributed by atoms with van der Waals surface area (Å²) in [6.07, 6.45) is 3.66. The standard InChI is InChI=1S/C16H24BrNO3/c1-2-20-15-11-13(12-19)10-14(17)16(15)21-9-5-8-18-6-3-4-7-18/h10-11,19H,2-9,12H2,1H3. The lowest BCUT2D eigenvalue weighted by Gasteiger charge is -2.17.